The molecule has 29 heavy (non-hydrogen) atoms. The van der Waals surface area contributed by atoms with E-state index in [9.17, 15) is 8.78 Å². The number of hydrogen-bond donors (Lipinski definition) is 1. The molecule has 0 spiro atoms. The largest absolute Gasteiger partial charge is 0.497 e. The van der Waals surface area contributed by atoms with E-state index in [0.29, 0.717) is 32.5 Å². The molecule has 1 aromatic heterocycles. The minimum Gasteiger partial charge on any atom is -0.497 e. The molecule has 0 aliphatic rings. The smallest absolute Gasteiger partial charge is 0.213 e. The minimum absolute atomic E-state index is 0.377. The van der Waals surface area contributed by atoms with Gasteiger partial charge in [0.2, 0.25) is 5.95 Å². The van der Waals surface area contributed by atoms with Gasteiger partial charge in [-0.05, 0) is 68.3 Å². The van der Waals surface area contributed by atoms with Gasteiger partial charge in [-0.15, -0.1) is 0 Å². The van der Waals surface area contributed by atoms with Crippen LogP contribution in [0.4, 0.5) is 8.78 Å². The van der Waals surface area contributed by atoms with Crippen LogP contribution in [0.1, 0.15) is 26.3 Å². The standard InChI is InChI=1S/C22H23ClF2N2OS/c1-14(27-29-21-8-6-7-20(24)26-21)9-11-18(22(3,4)25)15(2)17-13-16(28-5)10-12-19(17)23/h6-13,27H,2H2,1,3-5H3/b14-9+,18-11+. The van der Waals surface area contributed by atoms with Crippen molar-refractivity contribution in [3.8, 4) is 5.75 Å². The average molecular weight is 437 g/mol. The summed E-state index contributed by atoms with van der Waals surface area (Å²) in [6, 6.07) is 9.69. The molecule has 0 saturated heterocycles. The lowest BCUT2D eigenvalue weighted by molar-refractivity contribution is 0.276. The van der Waals surface area contributed by atoms with Crippen LogP contribution in [-0.2, 0) is 0 Å². The van der Waals surface area contributed by atoms with E-state index in [0.717, 1.165) is 17.6 Å². The van der Waals surface area contributed by atoms with E-state index in [4.69, 9.17) is 16.3 Å². The number of ether oxygens (including phenoxy) is 1. The number of pyridine rings is 1. The van der Waals surface area contributed by atoms with Gasteiger partial charge in [0, 0.05) is 28.2 Å². The molecule has 154 valence electrons. The molecule has 7 heteroatoms. The van der Waals surface area contributed by atoms with Crippen LogP contribution in [0.2, 0.25) is 5.02 Å². The first-order chi connectivity index (χ1) is 13.6. The summed E-state index contributed by atoms with van der Waals surface area (Å²) in [5.41, 5.74) is 0.512. The molecule has 2 rings (SSSR count). The molecule has 0 fully saturated rings. The van der Waals surface area contributed by atoms with Crippen molar-refractivity contribution < 1.29 is 13.5 Å². The maximum Gasteiger partial charge on any atom is 0.213 e. The van der Waals surface area contributed by atoms with Gasteiger partial charge in [0.05, 0.1) is 7.11 Å². The minimum atomic E-state index is -1.66. The molecule has 1 aromatic carbocycles. The van der Waals surface area contributed by atoms with E-state index in [1.165, 1.54) is 19.9 Å². The van der Waals surface area contributed by atoms with E-state index >= 15 is 0 Å². The number of methoxy groups -OCH3 is 1. The van der Waals surface area contributed by atoms with Gasteiger partial charge in [-0.3, -0.25) is 0 Å². The van der Waals surface area contributed by atoms with Crippen molar-refractivity contribution >= 4 is 29.1 Å². The summed E-state index contributed by atoms with van der Waals surface area (Å²) >= 11 is 7.46. The number of nitrogens with zero attached hydrogens (tertiary/aromatic N) is 1. The van der Waals surface area contributed by atoms with Crippen molar-refractivity contribution in [2.24, 2.45) is 0 Å². The number of alkyl halides is 1. The summed E-state index contributed by atoms with van der Waals surface area (Å²) < 4.78 is 36.4. The zero-order chi connectivity index (χ0) is 21.6. The van der Waals surface area contributed by atoms with Crippen LogP contribution in [0.25, 0.3) is 5.57 Å². The van der Waals surface area contributed by atoms with E-state index < -0.39 is 11.6 Å². The Balaban J connectivity index is 2.26. The first kappa shape index (κ1) is 23.0. The van der Waals surface area contributed by atoms with Gasteiger partial charge >= 0.3 is 0 Å². The molecule has 1 heterocycles. The molecular formula is C22H23ClF2N2OS. The lowest BCUT2D eigenvalue weighted by atomic mass is 9.88. The monoisotopic (exact) mass is 436 g/mol. The Hall–Kier alpha value is -2.31. The summed E-state index contributed by atoms with van der Waals surface area (Å²) in [4.78, 5) is 3.76. The van der Waals surface area contributed by atoms with Crippen LogP contribution in [0.15, 0.2) is 71.4 Å². The normalized spacial score (nSPS) is 12.7. The summed E-state index contributed by atoms with van der Waals surface area (Å²) in [5, 5.41) is 0.942. The number of benzene rings is 1. The predicted octanol–water partition coefficient (Wildman–Crippen LogP) is 6.77. The Labute approximate surface area is 179 Å². The van der Waals surface area contributed by atoms with Gasteiger partial charge < -0.3 is 9.46 Å². The number of aromatic nitrogens is 1. The number of rotatable bonds is 8. The van der Waals surface area contributed by atoms with Gasteiger partial charge in [-0.2, -0.15) is 4.39 Å². The Kier molecular flexibility index (Phi) is 7.88. The molecule has 0 saturated carbocycles. The molecule has 0 unspecified atom stereocenters. The highest BCUT2D eigenvalue weighted by atomic mass is 35.5. The summed E-state index contributed by atoms with van der Waals surface area (Å²) in [6.45, 7) is 8.78. The molecule has 0 aliphatic heterocycles. The van der Waals surface area contributed by atoms with E-state index in [-0.39, 0.29) is 0 Å². The van der Waals surface area contributed by atoms with Gasteiger partial charge in [0.15, 0.2) is 0 Å². The number of hydrogen-bond acceptors (Lipinski definition) is 4. The van der Waals surface area contributed by atoms with Gasteiger partial charge in [0.25, 0.3) is 0 Å². The maximum absolute atomic E-state index is 14.9. The first-order valence-corrected chi connectivity index (χ1v) is 9.98. The quantitative estimate of drug-likeness (QED) is 0.281. The molecule has 2 aromatic rings. The summed E-state index contributed by atoms with van der Waals surface area (Å²) in [7, 11) is 1.55. The fraction of sp³-hybridized carbons (Fsp3) is 0.227. The third kappa shape index (κ3) is 6.61. The zero-order valence-corrected chi connectivity index (χ0v) is 18.3. The number of nitrogens with one attached hydrogen (secondary N) is 1. The Bertz CT molecular complexity index is 952. The molecule has 1 N–H and O–H groups in total. The van der Waals surface area contributed by atoms with Crippen LogP contribution in [0, 0.1) is 5.95 Å². The van der Waals surface area contributed by atoms with Gasteiger partial charge in [0.1, 0.15) is 16.4 Å². The van der Waals surface area contributed by atoms with Crippen LogP contribution in [0.3, 0.4) is 0 Å². The van der Waals surface area contributed by atoms with Gasteiger partial charge in [-0.25, -0.2) is 9.37 Å². The molecule has 3 nitrogen and oxygen atoms in total. The van der Waals surface area contributed by atoms with Gasteiger partial charge in [-0.1, -0.05) is 30.3 Å². The Morgan fingerprint density at radius 1 is 1.28 bits per heavy atom. The number of allylic oxidation sites excluding steroid dienone is 5. The molecular weight excluding hydrogens is 414 g/mol. The molecule has 0 atom stereocenters. The third-order valence-corrected chi connectivity index (χ3v) is 5.16. The van der Waals surface area contributed by atoms with E-state index in [2.05, 4.69) is 16.3 Å². The number of halogens is 3. The lowest BCUT2D eigenvalue weighted by Gasteiger charge is -2.22. The van der Waals surface area contributed by atoms with Crippen LogP contribution < -0.4 is 9.46 Å². The first-order valence-electron chi connectivity index (χ1n) is 8.78. The summed E-state index contributed by atoms with van der Waals surface area (Å²) in [5.74, 6) is 0.0557. The van der Waals surface area contributed by atoms with Crippen molar-refractivity contribution in [2.75, 3.05) is 7.11 Å². The molecule has 0 bridgehead atoms. The van der Waals surface area contributed by atoms with Crippen LogP contribution in [-0.4, -0.2) is 17.8 Å². The van der Waals surface area contributed by atoms with Crippen molar-refractivity contribution in [1.82, 2.24) is 9.71 Å². The van der Waals surface area contributed by atoms with Crippen molar-refractivity contribution in [3.05, 3.63) is 82.9 Å². The Morgan fingerprint density at radius 3 is 2.62 bits per heavy atom. The van der Waals surface area contributed by atoms with Crippen molar-refractivity contribution in [1.29, 1.82) is 0 Å². The van der Waals surface area contributed by atoms with Crippen molar-refractivity contribution in [3.63, 3.8) is 0 Å². The average Bonchev–Trinajstić information content (AvgIpc) is 2.65. The summed E-state index contributed by atoms with van der Waals surface area (Å²) in [6.07, 6.45) is 3.38. The van der Waals surface area contributed by atoms with E-state index in [1.54, 1.807) is 49.6 Å². The molecule has 0 radical (unpaired) electrons. The van der Waals surface area contributed by atoms with E-state index in [1.807, 2.05) is 6.92 Å². The molecule has 0 aliphatic carbocycles. The SMILES string of the molecule is C=C(/C(=C\C=C(/C)NSc1cccc(F)n1)C(C)(C)F)c1cc(OC)ccc1Cl. The second-order valence-corrected chi connectivity index (χ2v) is 7.96. The lowest BCUT2D eigenvalue weighted by Crippen LogP contribution is -2.17. The Morgan fingerprint density at radius 2 is 2.00 bits per heavy atom. The highest BCUT2D eigenvalue weighted by molar-refractivity contribution is 7.97. The fourth-order valence-electron chi connectivity index (χ4n) is 2.49. The molecule has 0 amide bonds. The predicted molar refractivity (Wildman–Crippen MR) is 117 cm³/mol. The zero-order valence-electron chi connectivity index (χ0n) is 16.7. The second-order valence-electron chi connectivity index (χ2n) is 6.73. The highest BCUT2D eigenvalue weighted by Gasteiger charge is 2.25. The topological polar surface area (TPSA) is 34.2 Å². The van der Waals surface area contributed by atoms with Crippen LogP contribution in [0.5, 0.6) is 5.75 Å². The highest BCUT2D eigenvalue weighted by Crippen LogP contribution is 2.37. The van der Waals surface area contributed by atoms with Crippen LogP contribution >= 0.6 is 23.5 Å². The maximum atomic E-state index is 14.9. The second kappa shape index (κ2) is 9.94. The van der Waals surface area contributed by atoms with Crippen molar-refractivity contribution in [2.45, 2.75) is 31.5 Å². The third-order valence-electron chi connectivity index (χ3n) is 3.97. The fourth-order valence-corrected chi connectivity index (χ4v) is 3.33.